The van der Waals surface area contributed by atoms with Gasteiger partial charge in [0.1, 0.15) is 6.10 Å². The number of carbonyl (C=O) groups is 3. The second-order valence-electron chi connectivity index (χ2n) is 7.66. The third-order valence-electron chi connectivity index (χ3n) is 4.70. The molecule has 0 aliphatic carbocycles. The molecular formula is C27H55NO7W. The maximum Gasteiger partial charge on any atom is 2.00 e. The van der Waals surface area contributed by atoms with Gasteiger partial charge in [-0.15, -0.1) is 0 Å². The number of cyclic esters (lactones) is 1. The molecule has 0 aromatic heterocycles. The van der Waals surface area contributed by atoms with E-state index in [4.69, 9.17) is 20.7 Å². The van der Waals surface area contributed by atoms with E-state index in [-0.39, 0.29) is 74.7 Å². The van der Waals surface area contributed by atoms with Crippen LogP contribution in [0.4, 0.5) is 0 Å². The fourth-order valence-electron chi connectivity index (χ4n) is 2.66. The summed E-state index contributed by atoms with van der Waals surface area (Å²) in [7, 11) is 5.72. The van der Waals surface area contributed by atoms with E-state index in [9.17, 15) is 14.4 Å². The molecule has 3 aliphatic rings. The van der Waals surface area contributed by atoms with Crippen LogP contribution in [0.3, 0.4) is 0 Å². The summed E-state index contributed by atoms with van der Waals surface area (Å²) in [5, 5.41) is 7.44. The van der Waals surface area contributed by atoms with Gasteiger partial charge in [0.05, 0.1) is 19.8 Å². The van der Waals surface area contributed by atoms with Crippen LogP contribution >= 0.6 is 0 Å². The van der Waals surface area contributed by atoms with Crippen molar-refractivity contribution in [3.8, 4) is 0 Å². The first kappa shape index (κ1) is 47.8. The molecule has 216 valence electrons. The summed E-state index contributed by atoms with van der Waals surface area (Å²) in [5.41, 5.74) is 2.07. The summed E-state index contributed by atoms with van der Waals surface area (Å²) in [6.45, 7) is 16.2. The van der Waals surface area contributed by atoms with E-state index in [0.29, 0.717) is 22.1 Å². The van der Waals surface area contributed by atoms with Crippen molar-refractivity contribution in [1.29, 1.82) is 0 Å². The number of carbonyl (C=O) groups excluding carboxylic acids is 3. The minimum atomic E-state index is -0.221. The van der Waals surface area contributed by atoms with Gasteiger partial charge in [0, 0.05) is 42.7 Å². The van der Waals surface area contributed by atoms with Gasteiger partial charge in [-0.1, -0.05) is 50.1 Å². The van der Waals surface area contributed by atoms with Gasteiger partial charge in [-0.25, -0.2) is 12.8 Å². The van der Waals surface area contributed by atoms with Crippen LogP contribution in [0.2, 0.25) is 0 Å². The molecule has 2 saturated heterocycles. The number of amides is 2. The molecule has 0 radical (unpaired) electrons. The topological polar surface area (TPSA) is 102 Å². The molecule has 0 bridgehead atoms. The number of nitrogens with zero attached hydrogens (tertiary/aromatic N) is 1. The molecule has 1 N–H and O–H groups in total. The summed E-state index contributed by atoms with van der Waals surface area (Å²) in [5.74, 6) is -0.577. The van der Waals surface area contributed by atoms with Gasteiger partial charge >= 0.3 is 27.0 Å². The van der Waals surface area contributed by atoms with Crippen LogP contribution in [0, 0.1) is 19.4 Å². The molecule has 0 aromatic rings. The standard InChI is InChI=1S/C7H9NO2.C7H10O2.C6H12O2.C2H5O.4CH4.CH3.W/c1-4-5(2)7(10)8(3)6(4)9;1-3-6-4-5(2)7(8)9-6;1-6(3-7-2)4-8-5-6;1-2-3;;;;;;/h1-3H3;6H,2-4H2,1H3;3-5H2,1-2H3;2-3H,1H3;4*1H4;1H3;/q;;;-1;;;;;-1;+2/i;;;;;;;;1D;. The number of aliphatic hydroxyl groups is 1. The predicted octanol–water partition coefficient (Wildman–Crippen LogP) is 5.79. The molecular weight excluding hydrogens is 634 g/mol. The molecule has 1 unspecified atom stereocenters. The molecule has 8 nitrogen and oxygen atoms in total. The van der Waals surface area contributed by atoms with E-state index in [1.807, 2.05) is 6.92 Å². The predicted molar refractivity (Wildman–Crippen MR) is 146 cm³/mol. The van der Waals surface area contributed by atoms with Gasteiger partial charge in [-0.3, -0.25) is 14.5 Å². The molecule has 36 heavy (non-hydrogen) atoms. The second-order valence-corrected chi connectivity index (χ2v) is 7.66. The molecule has 2 amide bonds. The Hall–Kier alpha value is -1.34. The first-order chi connectivity index (χ1) is 15.0. The van der Waals surface area contributed by atoms with Crippen molar-refractivity contribution < 1.29 is 56.1 Å². The monoisotopic (exact) mass is 690 g/mol. The molecule has 1 atom stereocenters. The van der Waals surface area contributed by atoms with Crippen LogP contribution in [0.15, 0.2) is 23.3 Å². The van der Waals surface area contributed by atoms with Gasteiger partial charge < -0.3 is 26.7 Å². The minimum Gasteiger partial charge on any atom is -0.566 e. The summed E-state index contributed by atoms with van der Waals surface area (Å²) in [6.07, 6.45) is 1.71. The Morgan fingerprint density at radius 1 is 1.17 bits per heavy atom. The first-order valence-corrected chi connectivity index (χ1v) is 9.85. The summed E-state index contributed by atoms with van der Waals surface area (Å²) < 4.78 is 20.4. The first-order valence-electron chi connectivity index (χ1n) is 10.6. The van der Waals surface area contributed by atoms with Crippen LogP contribution in [0.25, 0.3) is 0 Å². The zero-order valence-corrected chi connectivity index (χ0v) is 23.3. The van der Waals surface area contributed by atoms with E-state index >= 15 is 0 Å². The number of methoxy groups -OCH3 is 1. The van der Waals surface area contributed by atoms with Crippen LogP contribution in [-0.4, -0.2) is 67.9 Å². The SMILES string of the molecule is C.C.C.C.C=C1CC(CC)OC1=O.CC1=C(C)C(=O)N(C)C1=O.COCC1(C)COC1.C[CH-]O.[2H][CH2-].[W+2]. The smallest absolute Gasteiger partial charge is 0.566 e. The molecule has 3 rings (SSSR count). The number of imide groups is 1. The molecule has 0 aromatic carbocycles. The van der Waals surface area contributed by atoms with Crippen molar-refractivity contribution in [2.24, 2.45) is 5.41 Å². The van der Waals surface area contributed by atoms with Gasteiger partial charge in [0.15, 0.2) is 0 Å². The number of hydrogen-bond acceptors (Lipinski definition) is 7. The summed E-state index contributed by atoms with van der Waals surface area (Å²) >= 11 is 0. The third kappa shape index (κ3) is 16.4. The molecule has 0 spiro atoms. The van der Waals surface area contributed by atoms with E-state index in [0.717, 1.165) is 44.2 Å². The minimum absolute atomic E-state index is 0. The Bertz CT molecular complexity index is 625. The van der Waals surface area contributed by atoms with Crippen molar-refractivity contribution in [1.82, 2.24) is 4.90 Å². The Morgan fingerprint density at radius 3 is 1.67 bits per heavy atom. The van der Waals surface area contributed by atoms with Gasteiger partial charge in [0.2, 0.25) is 0 Å². The van der Waals surface area contributed by atoms with Crippen LogP contribution in [0.1, 0.15) is 78.5 Å². The molecule has 3 heterocycles. The molecule has 3 aliphatic heterocycles. The van der Waals surface area contributed by atoms with Crippen molar-refractivity contribution >= 4 is 17.8 Å². The van der Waals surface area contributed by atoms with E-state index in [2.05, 4.69) is 20.9 Å². The fraction of sp³-hybridized carbons (Fsp3) is 0.667. The van der Waals surface area contributed by atoms with E-state index in [1.165, 1.54) is 7.05 Å². The zero-order chi connectivity index (χ0) is 25.5. The van der Waals surface area contributed by atoms with Crippen molar-refractivity contribution in [2.75, 3.05) is 34.0 Å². The number of ether oxygens (including phenoxy) is 3. The van der Waals surface area contributed by atoms with Crippen LogP contribution in [0.5, 0.6) is 0 Å². The number of esters is 1. The molecule has 2 fully saturated rings. The van der Waals surface area contributed by atoms with E-state index in [1.54, 1.807) is 27.9 Å². The van der Waals surface area contributed by atoms with E-state index < -0.39 is 0 Å². The second kappa shape index (κ2) is 25.3. The summed E-state index contributed by atoms with van der Waals surface area (Å²) in [4.78, 5) is 33.7. The normalized spacial score (nSPS) is 18.2. The number of rotatable bonds is 3. The Kier molecular flexibility index (Phi) is 33.6. The van der Waals surface area contributed by atoms with Gasteiger partial charge in [0.25, 0.3) is 11.8 Å². The van der Waals surface area contributed by atoms with Gasteiger partial charge in [-0.05, 0) is 20.3 Å². The van der Waals surface area contributed by atoms with Crippen molar-refractivity contribution in [3.63, 3.8) is 0 Å². The summed E-state index contributed by atoms with van der Waals surface area (Å²) in [6, 6.07) is 0. The molecule has 0 saturated carbocycles. The largest absolute Gasteiger partial charge is 2.00 e. The Morgan fingerprint density at radius 2 is 1.56 bits per heavy atom. The zero-order valence-electron chi connectivity index (χ0n) is 21.4. The maximum absolute atomic E-state index is 11.0. The maximum atomic E-state index is 11.0. The van der Waals surface area contributed by atoms with Crippen molar-refractivity contribution in [3.05, 3.63) is 37.3 Å². The van der Waals surface area contributed by atoms with Crippen LogP contribution in [-0.2, 0) is 49.7 Å². The van der Waals surface area contributed by atoms with Crippen LogP contribution < -0.4 is 0 Å². The molecule has 9 heteroatoms. The van der Waals surface area contributed by atoms with Gasteiger partial charge in [-0.2, -0.15) is 6.92 Å². The number of hydrogen-bond donors (Lipinski definition) is 1. The Balaban J connectivity index is -0.0000000633. The Labute approximate surface area is 238 Å². The number of likely N-dealkylation sites (N-methyl/N-ethyl adjacent to an activating group) is 1. The average molecular weight is 691 g/mol. The fourth-order valence-corrected chi connectivity index (χ4v) is 2.66. The number of aliphatic hydroxyl groups excluding tert-OH is 1. The third-order valence-corrected chi connectivity index (χ3v) is 4.70. The average Bonchev–Trinajstić information content (AvgIpc) is 3.17. The van der Waals surface area contributed by atoms with Crippen molar-refractivity contribution in [2.45, 2.75) is 83.3 Å². The quantitative estimate of drug-likeness (QED) is 0.173.